The Bertz CT molecular complexity index is 467. The van der Waals surface area contributed by atoms with Crippen LogP contribution in [0.5, 0.6) is 0 Å². The molecule has 0 radical (unpaired) electrons. The summed E-state index contributed by atoms with van der Waals surface area (Å²) in [5, 5.41) is 16.9. The van der Waals surface area contributed by atoms with Crippen LogP contribution in [0.3, 0.4) is 0 Å². The summed E-state index contributed by atoms with van der Waals surface area (Å²) in [6.07, 6.45) is 10.3. The molecule has 0 aromatic carbocycles. The largest absolute Gasteiger partial charge is 0.393 e. The van der Waals surface area contributed by atoms with Crippen LogP contribution < -0.4 is 10.6 Å². The molecular weight excluding hydrogens is 465 g/mol. The normalized spacial score (nSPS) is 29.8. The van der Waals surface area contributed by atoms with E-state index in [4.69, 9.17) is 4.99 Å². The Kier molecular flexibility index (Phi) is 10.3. The van der Waals surface area contributed by atoms with Crippen LogP contribution in [0.15, 0.2) is 4.99 Å². The van der Waals surface area contributed by atoms with Crippen molar-refractivity contribution >= 4 is 29.9 Å². The summed E-state index contributed by atoms with van der Waals surface area (Å²) in [6, 6.07) is 0.439. The fraction of sp³-hybridized carbons (Fsp3) is 0.952. The van der Waals surface area contributed by atoms with Crippen LogP contribution in [0.25, 0.3) is 0 Å². The van der Waals surface area contributed by atoms with Crippen LogP contribution in [0.2, 0.25) is 0 Å². The molecule has 3 fully saturated rings. The lowest BCUT2D eigenvalue weighted by atomic mass is 9.84. The van der Waals surface area contributed by atoms with E-state index in [2.05, 4.69) is 34.4 Å². The van der Waals surface area contributed by atoms with Gasteiger partial charge in [0.25, 0.3) is 0 Å². The molecule has 28 heavy (non-hydrogen) atoms. The van der Waals surface area contributed by atoms with Gasteiger partial charge in [0, 0.05) is 18.1 Å². The molecule has 0 aromatic heterocycles. The second-order valence-electron chi connectivity index (χ2n) is 8.92. The quantitative estimate of drug-likeness (QED) is 0.303. The fourth-order valence-corrected chi connectivity index (χ4v) is 4.94. The minimum Gasteiger partial charge on any atom is -0.393 e. The monoisotopic (exact) mass is 507 g/mol. The van der Waals surface area contributed by atoms with Gasteiger partial charge < -0.3 is 20.6 Å². The standard InChI is InChI=1S/C21H41N5O.HI/c1-3-22-20(24-18-7-9-19(27)10-8-18)23-17-21(11-15-25(2)16-12-21)26-13-5-4-6-14-26;/h18-19,27H,3-17H2,1-2H3,(H2,22,23,24);1H. The number of aliphatic hydroxyl groups excluding tert-OH is 1. The average molecular weight is 508 g/mol. The van der Waals surface area contributed by atoms with Crippen LogP contribution in [0.4, 0.5) is 0 Å². The lowest BCUT2D eigenvalue weighted by Gasteiger charge is -2.49. The lowest BCUT2D eigenvalue weighted by molar-refractivity contribution is 0.0208. The zero-order valence-electron chi connectivity index (χ0n) is 18.0. The van der Waals surface area contributed by atoms with Gasteiger partial charge in [-0.1, -0.05) is 6.42 Å². The molecule has 6 nitrogen and oxygen atoms in total. The Morgan fingerprint density at radius 1 is 1.04 bits per heavy atom. The topological polar surface area (TPSA) is 63.1 Å². The third-order valence-electron chi connectivity index (χ3n) is 6.86. The van der Waals surface area contributed by atoms with E-state index in [0.29, 0.717) is 6.04 Å². The van der Waals surface area contributed by atoms with Crippen molar-refractivity contribution in [3.63, 3.8) is 0 Å². The average Bonchev–Trinajstić information content (AvgIpc) is 2.70. The van der Waals surface area contributed by atoms with Gasteiger partial charge >= 0.3 is 0 Å². The molecule has 0 spiro atoms. The summed E-state index contributed by atoms with van der Waals surface area (Å²) in [5.74, 6) is 0.967. The first kappa shape index (κ1) is 24.2. The predicted molar refractivity (Wildman–Crippen MR) is 128 cm³/mol. The second-order valence-corrected chi connectivity index (χ2v) is 8.92. The third kappa shape index (κ3) is 6.71. The highest BCUT2D eigenvalue weighted by Gasteiger charge is 2.39. The fourth-order valence-electron chi connectivity index (χ4n) is 4.94. The zero-order chi connectivity index (χ0) is 19.1. The number of guanidine groups is 1. The van der Waals surface area contributed by atoms with Crippen molar-refractivity contribution in [3.8, 4) is 0 Å². The van der Waals surface area contributed by atoms with E-state index in [-0.39, 0.29) is 35.6 Å². The Balaban J connectivity index is 0.00000280. The van der Waals surface area contributed by atoms with E-state index in [0.717, 1.165) is 44.7 Å². The first-order valence-electron chi connectivity index (χ1n) is 11.3. The van der Waals surface area contributed by atoms with Crippen LogP contribution >= 0.6 is 24.0 Å². The number of halogens is 1. The number of rotatable bonds is 5. The molecule has 1 saturated carbocycles. The Hall–Kier alpha value is -0.120. The number of aliphatic imine (C=N–C) groups is 1. The van der Waals surface area contributed by atoms with E-state index in [9.17, 15) is 5.11 Å². The summed E-state index contributed by atoms with van der Waals surface area (Å²) >= 11 is 0. The number of nitrogens with zero attached hydrogens (tertiary/aromatic N) is 3. The van der Waals surface area contributed by atoms with Gasteiger partial charge in [-0.2, -0.15) is 0 Å². The number of likely N-dealkylation sites (tertiary alicyclic amines) is 2. The van der Waals surface area contributed by atoms with Gasteiger partial charge in [-0.25, -0.2) is 0 Å². The van der Waals surface area contributed by atoms with Crippen molar-refractivity contribution in [2.75, 3.05) is 46.3 Å². The molecule has 2 aliphatic heterocycles. The minimum atomic E-state index is -0.107. The maximum absolute atomic E-state index is 9.75. The van der Waals surface area contributed by atoms with Gasteiger partial charge in [0.2, 0.25) is 0 Å². The summed E-state index contributed by atoms with van der Waals surface area (Å²) in [4.78, 5) is 10.3. The third-order valence-corrected chi connectivity index (χ3v) is 6.86. The highest BCUT2D eigenvalue weighted by atomic mass is 127. The number of aliphatic hydroxyl groups is 1. The zero-order valence-corrected chi connectivity index (χ0v) is 20.3. The summed E-state index contributed by atoms with van der Waals surface area (Å²) in [5.41, 5.74) is 0.234. The van der Waals surface area contributed by atoms with Gasteiger partial charge in [0.05, 0.1) is 12.6 Å². The molecule has 0 bridgehead atoms. The first-order chi connectivity index (χ1) is 13.1. The van der Waals surface area contributed by atoms with Crippen molar-refractivity contribution in [1.29, 1.82) is 0 Å². The molecule has 7 heteroatoms. The molecule has 0 amide bonds. The number of hydrogen-bond donors (Lipinski definition) is 3. The summed E-state index contributed by atoms with van der Waals surface area (Å²) in [6.45, 7) is 8.75. The van der Waals surface area contributed by atoms with E-state index >= 15 is 0 Å². The van der Waals surface area contributed by atoms with Crippen molar-refractivity contribution in [2.45, 2.75) is 82.4 Å². The molecular formula is C21H42IN5O. The Labute approximate surface area is 188 Å². The maximum atomic E-state index is 9.75. The SMILES string of the molecule is CCNC(=NCC1(N2CCCCC2)CCN(C)CC1)NC1CCC(O)CC1.I. The molecule has 0 atom stereocenters. The Morgan fingerprint density at radius 2 is 1.68 bits per heavy atom. The van der Waals surface area contributed by atoms with Crippen LogP contribution in [-0.4, -0.2) is 84.9 Å². The number of hydrogen-bond acceptors (Lipinski definition) is 4. The molecule has 3 N–H and O–H groups in total. The second kappa shape index (κ2) is 11.9. The van der Waals surface area contributed by atoms with Crippen molar-refractivity contribution in [3.05, 3.63) is 0 Å². The highest BCUT2D eigenvalue weighted by molar-refractivity contribution is 14.0. The molecule has 164 valence electrons. The predicted octanol–water partition coefficient (Wildman–Crippen LogP) is 2.41. The first-order valence-corrected chi connectivity index (χ1v) is 11.3. The van der Waals surface area contributed by atoms with Crippen molar-refractivity contribution in [2.24, 2.45) is 4.99 Å². The molecule has 0 unspecified atom stereocenters. The summed E-state index contributed by atoms with van der Waals surface area (Å²) in [7, 11) is 2.24. The lowest BCUT2D eigenvalue weighted by Crippen LogP contribution is -2.58. The van der Waals surface area contributed by atoms with E-state index in [1.807, 2.05) is 0 Å². The Morgan fingerprint density at radius 3 is 2.29 bits per heavy atom. The number of nitrogens with one attached hydrogen (secondary N) is 2. The van der Waals surface area contributed by atoms with Gasteiger partial charge in [-0.3, -0.25) is 9.89 Å². The molecule has 2 heterocycles. The van der Waals surface area contributed by atoms with E-state index in [1.54, 1.807) is 0 Å². The maximum Gasteiger partial charge on any atom is 0.191 e. The highest BCUT2D eigenvalue weighted by Crippen LogP contribution is 2.31. The number of piperidine rings is 2. The molecule has 0 aromatic rings. The van der Waals surface area contributed by atoms with Gasteiger partial charge in [-0.15, -0.1) is 24.0 Å². The van der Waals surface area contributed by atoms with Crippen LogP contribution in [0, 0.1) is 0 Å². The van der Waals surface area contributed by atoms with Crippen LogP contribution in [-0.2, 0) is 0 Å². The van der Waals surface area contributed by atoms with E-state index < -0.39 is 0 Å². The van der Waals surface area contributed by atoms with Crippen LogP contribution in [0.1, 0.15) is 64.7 Å². The molecule has 3 rings (SSSR count). The van der Waals surface area contributed by atoms with Crippen molar-refractivity contribution < 1.29 is 5.11 Å². The molecule has 2 saturated heterocycles. The van der Waals surface area contributed by atoms with Gasteiger partial charge in [-0.05, 0) is 91.5 Å². The van der Waals surface area contributed by atoms with Crippen molar-refractivity contribution in [1.82, 2.24) is 20.4 Å². The molecule has 1 aliphatic carbocycles. The van der Waals surface area contributed by atoms with Gasteiger partial charge in [0.15, 0.2) is 5.96 Å². The van der Waals surface area contributed by atoms with E-state index in [1.165, 1.54) is 58.3 Å². The molecule has 3 aliphatic rings. The minimum absolute atomic E-state index is 0. The smallest absolute Gasteiger partial charge is 0.191 e. The van der Waals surface area contributed by atoms with Gasteiger partial charge in [0.1, 0.15) is 0 Å². The summed E-state index contributed by atoms with van der Waals surface area (Å²) < 4.78 is 0.